The van der Waals surface area contributed by atoms with E-state index in [0.29, 0.717) is 25.9 Å². The van der Waals surface area contributed by atoms with Crippen LogP contribution in [-0.4, -0.2) is 61.2 Å². The maximum Gasteiger partial charge on any atom is 0.221 e. The molecule has 0 radical (unpaired) electrons. The molecule has 0 bridgehead atoms. The normalized spacial score (nSPS) is 33.5. The largest absolute Gasteiger partial charge is 0.468 e. The molecule has 160 valence electrons. The van der Waals surface area contributed by atoms with E-state index in [2.05, 4.69) is 16.7 Å². The van der Waals surface area contributed by atoms with E-state index in [-0.39, 0.29) is 30.7 Å². The topological polar surface area (TPSA) is 132 Å². The smallest absolute Gasteiger partial charge is 0.221 e. The number of hydrogen-bond donors (Lipinski definition) is 5. The van der Waals surface area contributed by atoms with E-state index >= 15 is 0 Å². The van der Waals surface area contributed by atoms with E-state index in [4.69, 9.17) is 20.9 Å². The molecule has 8 nitrogen and oxygen atoms in total. The van der Waals surface area contributed by atoms with Gasteiger partial charge < -0.3 is 36.7 Å². The molecule has 1 aliphatic heterocycles. The van der Waals surface area contributed by atoms with Gasteiger partial charge >= 0.3 is 0 Å². The maximum absolute atomic E-state index is 11.7. The molecule has 28 heavy (non-hydrogen) atoms. The molecule has 2 fully saturated rings. The number of nitrogens with two attached hydrogens (primary N) is 2. The van der Waals surface area contributed by atoms with Crippen LogP contribution >= 0.6 is 0 Å². The molecule has 1 heterocycles. The van der Waals surface area contributed by atoms with Gasteiger partial charge in [-0.25, -0.2) is 0 Å². The molecule has 0 aromatic carbocycles. The van der Waals surface area contributed by atoms with E-state index in [1.165, 1.54) is 19.3 Å². The Morgan fingerprint density at radius 3 is 2.82 bits per heavy atom. The van der Waals surface area contributed by atoms with Gasteiger partial charge in [0, 0.05) is 31.5 Å². The van der Waals surface area contributed by atoms with Gasteiger partial charge in [0.25, 0.3) is 0 Å². The quantitative estimate of drug-likeness (QED) is 0.373. The Labute approximate surface area is 167 Å². The van der Waals surface area contributed by atoms with Gasteiger partial charge in [0.15, 0.2) is 6.29 Å². The van der Waals surface area contributed by atoms with Crippen molar-refractivity contribution >= 4 is 5.91 Å². The minimum atomic E-state index is -0.735. The van der Waals surface area contributed by atoms with Gasteiger partial charge in [0.1, 0.15) is 11.9 Å². The average Bonchev–Trinajstić information content (AvgIpc) is 2.61. The molecule has 5 atom stereocenters. The summed E-state index contributed by atoms with van der Waals surface area (Å²) in [5.74, 6) is 1.61. The number of nitrogens with one attached hydrogen (secondary N) is 2. The first-order valence-electron chi connectivity index (χ1n) is 10.7. The molecule has 0 spiro atoms. The van der Waals surface area contributed by atoms with E-state index in [0.717, 1.165) is 31.1 Å². The molecular weight excluding hydrogens is 360 g/mol. The molecule has 1 amide bonds. The lowest BCUT2D eigenvalue weighted by molar-refractivity contribution is -0.195. The van der Waals surface area contributed by atoms with Crippen LogP contribution in [-0.2, 0) is 14.3 Å². The van der Waals surface area contributed by atoms with Crippen LogP contribution in [0.15, 0.2) is 11.8 Å². The molecule has 3 rings (SSSR count). The first-order chi connectivity index (χ1) is 13.5. The van der Waals surface area contributed by atoms with E-state index < -0.39 is 12.2 Å². The molecule has 0 unspecified atom stereocenters. The third-order valence-electron chi connectivity index (χ3n) is 5.94. The van der Waals surface area contributed by atoms with Crippen LogP contribution in [0, 0.1) is 5.92 Å². The van der Waals surface area contributed by atoms with Crippen molar-refractivity contribution in [3.63, 3.8) is 0 Å². The predicted molar refractivity (Wildman–Crippen MR) is 106 cm³/mol. The highest BCUT2D eigenvalue weighted by Gasteiger charge is 2.38. The minimum absolute atomic E-state index is 0.105. The van der Waals surface area contributed by atoms with Gasteiger partial charge in [0.05, 0.1) is 12.6 Å². The van der Waals surface area contributed by atoms with Gasteiger partial charge in [-0.15, -0.1) is 0 Å². The first kappa shape index (κ1) is 21.5. The van der Waals surface area contributed by atoms with E-state index in [1.54, 1.807) is 0 Å². The summed E-state index contributed by atoms with van der Waals surface area (Å²) < 4.78 is 12.0. The number of ether oxygens (including phenoxy) is 2. The number of aliphatic hydroxyl groups excluding tert-OH is 1. The van der Waals surface area contributed by atoms with E-state index in [9.17, 15) is 9.90 Å². The van der Waals surface area contributed by atoms with Crippen molar-refractivity contribution in [2.75, 3.05) is 19.6 Å². The van der Waals surface area contributed by atoms with Gasteiger partial charge in [-0.1, -0.05) is 6.42 Å². The molecule has 7 N–H and O–H groups in total. The van der Waals surface area contributed by atoms with Crippen molar-refractivity contribution in [3.8, 4) is 0 Å². The molecule has 8 heteroatoms. The standard InChI is InChI=1S/C20H36N4O4/c21-8-7-18(26)24-14-9-16(22)20(17(25)10-14)28-19-6-2-5-15(27-19)12-23-11-13-3-1-4-13/h5,13-14,16-17,19-20,23,25H,1-4,6-12,21-22H2,(H,24,26)/t14-,16+,17-,19-,20-/m1/s1. The van der Waals surface area contributed by atoms with Crippen LogP contribution in [0.3, 0.4) is 0 Å². The zero-order valence-corrected chi connectivity index (χ0v) is 16.6. The van der Waals surface area contributed by atoms with Crippen LogP contribution < -0.4 is 22.1 Å². The third kappa shape index (κ3) is 6.15. The second-order valence-electron chi connectivity index (χ2n) is 8.33. The molecule has 0 aromatic rings. The van der Waals surface area contributed by atoms with Crippen LogP contribution in [0.1, 0.15) is 51.4 Å². The zero-order chi connectivity index (χ0) is 19.9. The number of amides is 1. The Morgan fingerprint density at radius 2 is 2.14 bits per heavy atom. The van der Waals surface area contributed by atoms with Crippen molar-refractivity contribution in [1.82, 2.24) is 10.6 Å². The summed E-state index contributed by atoms with van der Waals surface area (Å²) in [6.45, 7) is 2.06. The molecule has 0 aromatic heterocycles. The fourth-order valence-corrected chi connectivity index (χ4v) is 4.15. The molecular formula is C20H36N4O4. The SMILES string of the molecule is NCCC(=O)N[C@H]1C[C@@H](O)[C@H](O[C@@H]2CCC=C(CNCC3CCC3)O2)[C@@H](N)C1. The summed E-state index contributed by atoms with van der Waals surface area (Å²) >= 11 is 0. The summed E-state index contributed by atoms with van der Waals surface area (Å²) in [7, 11) is 0. The summed E-state index contributed by atoms with van der Waals surface area (Å²) in [6.07, 6.45) is 7.39. The maximum atomic E-state index is 11.7. The predicted octanol–water partition coefficient (Wildman–Crippen LogP) is 0.0973. The Balaban J connectivity index is 1.41. The fraction of sp³-hybridized carbons (Fsp3) is 0.850. The molecule has 0 saturated heterocycles. The van der Waals surface area contributed by atoms with Crippen molar-refractivity contribution in [1.29, 1.82) is 0 Å². The lowest BCUT2D eigenvalue weighted by Crippen LogP contribution is -2.57. The lowest BCUT2D eigenvalue weighted by Gasteiger charge is -2.40. The third-order valence-corrected chi connectivity index (χ3v) is 5.94. The van der Waals surface area contributed by atoms with Gasteiger partial charge in [-0.05, 0) is 50.6 Å². The second kappa shape index (κ2) is 10.5. The summed E-state index contributed by atoms with van der Waals surface area (Å²) in [5, 5.41) is 16.9. The first-order valence-corrected chi connectivity index (χ1v) is 10.7. The highest BCUT2D eigenvalue weighted by atomic mass is 16.7. The fourth-order valence-electron chi connectivity index (χ4n) is 4.15. The van der Waals surface area contributed by atoms with Crippen molar-refractivity contribution in [3.05, 3.63) is 11.8 Å². The van der Waals surface area contributed by atoms with Crippen LogP contribution in [0.25, 0.3) is 0 Å². The zero-order valence-electron chi connectivity index (χ0n) is 16.6. The number of aliphatic hydroxyl groups is 1. The highest BCUT2D eigenvalue weighted by molar-refractivity contribution is 5.76. The van der Waals surface area contributed by atoms with Crippen LogP contribution in [0.5, 0.6) is 0 Å². The Morgan fingerprint density at radius 1 is 1.32 bits per heavy atom. The second-order valence-corrected chi connectivity index (χ2v) is 8.33. The highest BCUT2D eigenvalue weighted by Crippen LogP contribution is 2.27. The average molecular weight is 397 g/mol. The molecule has 2 saturated carbocycles. The van der Waals surface area contributed by atoms with Crippen LogP contribution in [0.4, 0.5) is 0 Å². The van der Waals surface area contributed by atoms with Gasteiger partial charge in [-0.3, -0.25) is 4.79 Å². The number of rotatable bonds is 9. The monoisotopic (exact) mass is 396 g/mol. The van der Waals surface area contributed by atoms with Crippen LogP contribution in [0.2, 0.25) is 0 Å². The van der Waals surface area contributed by atoms with Crippen molar-refractivity contribution in [2.45, 2.75) is 81.9 Å². The number of carbonyl (C=O) groups is 1. The van der Waals surface area contributed by atoms with Crippen molar-refractivity contribution < 1.29 is 19.4 Å². The lowest BCUT2D eigenvalue weighted by atomic mass is 9.85. The van der Waals surface area contributed by atoms with Gasteiger partial charge in [0.2, 0.25) is 5.91 Å². The Kier molecular flexibility index (Phi) is 8.11. The van der Waals surface area contributed by atoms with E-state index in [1.807, 2.05) is 0 Å². The number of allylic oxidation sites excluding steroid dienone is 1. The summed E-state index contributed by atoms with van der Waals surface area (Å²) in [5.41, 5.74) is 11.7. The Bertz CT molecular complexity index is 528. The summed E-state index contributed by atoms with van der Waals surface area (Å²) in [4.78, 5) is 11.7. The molecule has 2 aliphatic carbocycles. The number of carbonyl (C=O) groups excluding carboxylic acids is 1. The van der Waals surface area contributed by atoms with Crippen molar-refractivity contribution in [2.24, 2.45) is 17.4 Å². The minimum Gasteiger partial charge on any atom is -0.468 e. The molecule has 3 aliphatic rings. The Hall–Kier alpha value is -1.19. The summed E-state index contributed by atoms with van der Waals surface area (Å²) in [6, 6.07) is -0.510. The van der Waals surface area contributed by atoms with Gasteiger partial charge in [-0.2, -0.15) is 0 Å². The number of hydrogen-bond acceptors (Lipinski definition) is 7.